The van der Waals surface area contributed by atoms with Gasteiger partial charge in [0, 0.05) is 16.5 Å². The first kappa shape index (κ1) is 13.7. The van der Waals surface area contributed by atoms with E-state index in [-0.39, 0.29) is 19.4 Å². The zero-order chi connectivity index (χ0) is 12.8. The second-order valence-electron chi connectivity index (χ2n) is 3.25. The minimum atomic E-state index is -0.898. The van der Waals surface area contributed by atoms with Crippen molar-refractivity contribution in [2.45, 2.75) is 12.8 Å². The fourth-order valence-electron chi connectivity index (χ4n) is 1.26. The van der Waals surface area contributed by atoms with Crippen LogP contribution in [-0.4, -0.2) is 17.7 Å². The Balaban J connectivity index is 2.86. The summed E-state index contributed by atoms with van der Waals surface area (Å²) in [5, 5.41) is 9.35. The number of hydrogen-bond acceptors (Lipinski definition) is 2. The molecule has 1 aromatic rings. The van der Waals surface area contributed by atoms with Gasteiger partial charge in [0.15, 0.2) is 0 Å². The molecule has 0 saturated heterocycles. The van der Waals surface area contributed by atoms with Crippen LogP contribution in [0, 0.1) is 12.3 Å². The van der Waals surface area contributed by atoms with Gasteiger partial charge in [-0.15, -0.1) is 6.42 Å². The van der Waals surface area contributed by atoms with Gasteiger partial charge >= 0.3 is 5.97 Å². The van der Waals surface area contributed by atoms with Gasteiger partial charge in [-0.05, 0) is 24.1 Å². The van der Waals surface area contributed by atoms with Crippen LogP contribution in [0.2, 0.25) is 10.0 Å². The number of hydrogen-bond donors (Lipinski definition) is 1. The van der Waals surface area contributed by atoms with Crippen LogP contribution in [0.1, 0.15) is 12.0 Å². The van der Waals surface area contributed by atoms with E-state index >= 15 is 0 Å². The van der Waals surface area contributed by atoms with Crippen LogP contribution in [-0.2, 0) is 11.2 Å². The first-order chi connectivity index (χ1) is 8.04. The largest absolute Gasteiger partial charge is 0.481 e. The minimum Gasteiger partial charge on any atom is -0.481 e. The maximum absolute atomic E-state index is 10.5. The summed E-state index contributed by atoms with van der Waals surface area (Å²) in [4.78, 5) is 10.5. The molecule has 0 bridgehead atoms. The van der Waals surface area contributed by atoms with Crippen LogP contribution in [0.25, 0.3) is 0 Å². The summed E-state index contributed by atoms with van der Waals surface area (Å²) in [7, 11) is 0. The predicted octanol–water partition coefficient (Wildman–Crippen LogP) is 3.02. The molecule has 17 heavy (non-hydrogen) atoms. The molecule has 0 aromatic heterocycles. The molecule has 90 valence electrons. The number of ether oxygens (including phenoxy) is 1. The van der Waals surface area contributed by atoms with Gasteiger partial charge in [0.1, 0.15) is 12.4 Å². The van der Waals surface area contributed by atoms with E-state index in [9.17, 15) is 4.79 Å². The quantitative estimate of drug-likeness (QED) is 0.839. The number of carboxylic acid groups (broad SMARTS) is 1. The second kappa shape index (κ2) is 6.39. The lowest BCUT2D eigenvalue weighted by Gasteiger charge is -2.09. The molecular formula is C12H10Cl2O3. The monoisotopic (exact) mass is 272 g/mol. The van der Waals surface area contributed by atoms with Gasteiger partial charge in [0.05, 0.1) is 0 Å². The fraction of sp³-hybridized carbons (Fsp3) is 0.250. The molecule has 0 aliphatic heterocycles. The Bertz CT molecular complexity index is 440. The Hall–Kier alpha value is -1.37. The molecule has 0 unspecified atom stereocenters. The molecule has 1 N–H and O–H groups in total. The average molecular weight is 273 g/mol. The lowest BCUT2D eigenvalue weighted by molar-refractivity contribution is -0.136. The molecule has 0 saturated carbocycles. The molecule has 1 aromatic carbocycles. The summed E-state index contributed by atoms with van der Waals surface area (Å²) < 4.78 is 5.18. The summed E-state index contributed by atoms with van der Waals surface area (Å²) in [6.07, 6.45) is 5.31. The minimum absolute atomic E-state index is 0.0238. The highest BCUT2D eigenvalue weighted by molar-refractivity contribution is 6.36. The molecule has 0 heterocycles. The molecular weight excluding hydrogens is 263 g/mol. The second-order valence-corrected chi connectivity index (χ2v) is 4.07. The SMILES string of the molecule is C#CCOc1cc(Cl)c(CCC(=O)O)c(Cl)c1. The Morgan fingerprint density at radius 2 is 2.00 bits per heavy atom. The number of aliphatic carboxylic acids is 1. The number of carboxylic acids is 1. The van der Waals surface area contributed by atoms with Gasteiger partial charge in [0.2, 0.25) is 0 Å². The third-order valence-electron chi connectivity index (χ3n) is 2.03. The van der Waals surface area contributed by atoms with E-state index in [0.717, 1.165) is 0 Å². The zero-order valence-electron chi connectivity index (χ0n) is 8.87. The molecule has 0 fully saturated rings. The molecule has 0 spiro atoms. The molecule has 5 heteroatoms. The molecule has 0 aliphatic carbocycles. The highest BCUT2D eigenvalue weighted by atomic mass is 35.5. The van der Waals surface area contributed by atoms with Crippen LogP contribution < -0.4 is 4.74 Å². The number of benzene rings is 1. The van der Waals surface area contributed by atoms with E-state index in [1.54, 1.807) is 12.1 Å². The highest BCUT2D eigenvalue weighted by Gasteiger charge is 2.10. The number of rotatable bonds is 5. The number of halogens is 2. The van der Waals surface area contributed by atoms with Gasteiger partial charge < -0.3 is 9.84 Å². The first-order valence-electron chi connectivity index (χ1n) is 4.80. The van der Waals surface area contributed by atoms with Gasteiger partial charge in [-0.1, -0.05) is 29.1 Å². The van der Waals surface area contributed by atoms with Crippen molar-refractivity contribution in [2.75, 3.05) is 6.61 Å². The molecule has 0 atom stereocenters. The molecule has 1 rings (SSSR count). The first-order valence-corrected chi connectivity index (χ1v) is 5.56. The highest BCUT2D eigenvalue weighted by Crippen LogP contribution is 2.31. The van der Waals surface area contributed by atoms with Crippen LogP contribution >= 0.6 is 23.2 Å². The van der Waals surface area contributed by atoms with E-state index in [0.29, 0.717) is 21.4 Å². The summed E-state index contributed by atoms with van der Waals surface area (Å²) in [5.41, 5.74) is 0.601. The van der Waals surface area contributed by atoms with Crippen molar-refractivity contribution in [3.8, 4) is 18.1 Å². The van der Waals surface area contributed by atoms with Gasteiger partial charge in [0.25, 0.3) is 0 Å². The summed E-state index contributed by atoms with van der Waals surface area (Å²) in [5.74, 6) is 1.89. The third-order valence-corrected chi connectivity index (χ3v) is 2.70. The van der Waals surface area contributed by atoms with Gasteiger partial charge in [-0.3, -0.25) is 4.79 Å². The normalized spacial score (nSPS) is 9.71. The van der Waals surface area contributed by atoms with E-state index in [2.05, 4.69) is 5.92 Å². The van der Waals surface area contributed by atoms with E-state index in [4.69, 9.17) is 39.5 Å². The lowest BCUT2D eigenvalue weighted by atomic mass is 10.1. The Labute approximate surface area is 109 Å². The maximum atomic E-state index is 10.5. The third kappa shape index (κ3) is 4.18. The van der Waals surface area contributed by atoms with E-state index < -0.39 is 5.97 Å². The summed E-state index contributed by atoms with van der Waals surface area (Å²) in [6.45, 7) is 0.126. The van der Waals surface area contributed by atoms with Crippen molar-refractivity contribution >= 4 is 29.2 Å². The molecule has 3 nitrogen and oxygen atoms in total. The average Bonchev–Trinajstić information content (AvgIpc) is 2.24. The Morgan fingerprint density at radius 3 is 2.47 bits per heavy atom. The number of carbonyl (C=O) groups is 1. The fourth-order valence-corrected chi connectivity index (χ4v) is 1.91. The van der Waals surface area contributed by atoms with Crippen molar-refractivity contribution in [2.24, 2.45) is 0 Å². The van der Waals surface area contributed by atoms with Crippen LogP contribution in [0.4, 0.5) is 0 Å². The molecule has 0 aliphatic rings. The lowest BCUT2D eigenvalue weighted by Crippen LogP contribution is -2.00. The van der Waals surface area contributed by atoms with Crippen molar-refractivity contribution in [3.05, 3.63) is 27.7 Å². The van der Waals surface area contributed by atoms with Crippen molar-refractivity contribution in [1.29, 1.82) is 0 Å². The van der Waals surface area contributed by atoms with Crippen molar-refractivity contribution < 1.29 is 14.6 Å². The zero-order valence-corrected chi connectivity index (χ0v) is 10.4. The Kier molecular flexibility index (Phi) is 5.14. The van der Waals surface area contributed by atoms with E-state index in [1.807, 2.05) is 0 Å². The van der Waals surface area contributed by atoms with E-state index in [1.165, 1.54) is 0 Å². The predicted molar refractivity (Wildman–Crippen MR) is 66.7 cm³/mol. The summed E-state index contributed by atoms with van der Waals surface area (Å²) in [6, 6.07) is 3.14. The van der Waals surface area contributed by atoms with Crippen molar-refractivity contribution in [1.82, 2.24) is 0 Å². The van der Waals surface area contributed by atoms with Crippen LogP contribution in [0.3, 0.4) is 0 Å². The number of terminal acetylenes is 1. The van der Waals surface area contributed by atoms with Crippen molar-refractivity contribution in [3.63, 3.8) is 0 Å². The molecule has 0 radical (unpaired) electrons. The van der Waals surface area contributed by atoms with Crippen LogP contribution in [0.5, 0.6) is 5.75 Å². The molecule has 0 amide bonds. The topological polar surface area (TPSA) is 46.5 Å². The standard InChI is InChI=1S/C12H10Cl2O3/c1-2-5-17-8-6-10(13)9(11(14)7-8)3-4-12(15)16/h1,6-7H,3-5H2,(H,15,16). The smallest absolute Gasteiger partial charge is 0.303 e. The van der Waals surface area contributed by atoms with Gasteiger partial charge in [-0.2, -0.15) is 0 Å². The van der Waals surface area contributed by atoms with Gasteiger partial charge in [-0.25, -0.2) is 0 Å². The Morgan fingerprint density at radius 1 is 1.41 bits per heavy atom. The van der Waals surface area contributed by atoms with Crippen LogP contribution in [0.15, 0.2) is 12.1 Å². The summed E-state index contributed by atoms with van der Waals surface area (Å²) >= 11 is 12.0. The maximum Gasteiger partial charge on any atom is 0.303 e.